The van der Waals surface area contributed by atoms with Crippen LogP contribution in [0.5, 0.6) is 0 Å². The van der Waals surface area contributed by atoms with E-state index in [1.54, 1.807) is 0 Å². The summed E-state index contributed by atoms with van der Waals surface area (Å²) in [6, 6.07) is 0. The lowest BCUT2D eigenvalue weighted by Gasteiger charge is -2.09. The lowest BCUT2D eigenvalue weighted by Crippen LogP contribution is -2.18. The third-order valence-corrected chi connectivity index (χ3v) is 3.63. The van der Waals surface area contributed by atoms with Gasteiger partial charge in [-0.25, -0.2) is 0 Å². The van der Waals surface area contributed by atoms with Crippen LogP contribution in [-0.2, 0) is 0 Å². The number of hydrogen-bond acceptors (Lipinski definition) is 1. The van der Waals surface area contributed by atoms with E-state index in [-0.39, 0.29) is 0 Å². The highest BCUT2D eigenvalue weighted by molar-refractivity contribution is 5.02. The van der Waals surface area contributed by atoms with Gasteiger partial charge < -0.3 is 5.32 Å². The Balaban J connectivity index is 1.68. The molecule has 0 aromatic rings. The Labute approximate surface area is 75.9 Å². The molecule has 0 radical (unpaired) electrons. The van der Waals surface area contributed by atoms with Crippen LogP contribution in [0.2, 0.25) is 0 Å². The van der Waals surface area contributed by atoms with E-state index in [9.17, 15) is 0 Å². The van der Waals surface area contributed by atoms with Gasteiger partial charge in [0.25, 0.3) is 0 Å². The predicted molar refractivity (Wildman–Crippen MR) is 52.1 cm³/mol. The first-order valence-electron chi connectivity index (χ1n) is 5.45. The minimum absolute atomic E-state index is 0.739. The fourth-order valence-electron chi connectivity index (χ4n) is 2.37. The van der Waals surface area contributed by atoms with Crippen LogP contribution < -0.4 is 5.32 Å². The first-order chi connectivity index (χ1) is 5.74. The van der Waals surface area contributed by atoms with E-state index < -0.39 is 0 Å². The lowest BCUT2D eigenvalue weighted by molar-refractivity contribution is 0.422. The molecule has 0 bridgehead atoms. The second-order valence-corrected chi connectivity index (χ2v) is 5.01. The zero-order chi connectivity index (χ0) is 8.60. The molecule has 2 aliphatic rings. The predicted octanol–water partition coefficient (Wildman–Crippen LogP) is 2.42. The fraction of sp³-hybridized carbons (Fsp3) is 1.00. The lowest BCUT2D eigenvalue weighted by atomic mass is 9.99. The molecule has 0 heterocycles. The van der Waals surface area contributed by atoms with E-state index in [0.29, 0.717) is 0 Å². The van der Waals surface area contributed by atoms with Crippen LogP contribution in [0, 0.1) is 17.3 Å². The van der Waals surface area contributed by atoms with E-state index in [2.05, 4.69) is 19.2 Å². The number of rotatable bonds is 5. The smallest absolute Gasteiger partial charge is 0.00152 e. The van der Waals surface area contributed by atoms with Gasteiger partial charge in [0.05, 0.1) is 0 Å². The molecule has 0 saturated heterocycles. The van der Waals surface area contributed by atoms with Crippen LogP contribution in [0.3, 0.4) is 0 Å². The molecule has 0 amide bonds. The quantitative estimate of drug-likeness (QED) is 0.663. The highest BCUT2D eigenvalue weighted by atomic mass is 14.9. The molecule has 1 heteroatoms. The minimum Gasteiger partial charge on any atom is -0.317 e. The van der Waals surface area contributed by atoms with Gasteiger partial charge in [-0.2, -0.15) is 0 Å². The molecule has 2 rings (SSSR count). The van der Waals surface area contributed by atoms with E-state index >= 15 is 0 Å². The largest absolute Gasteiger partial charge is 0.317 e. The zero-order valence-electron chi connectivity index (χ0n) is 8.40. The molecule has 2 aliphatic carbocycles. The summed E-state index contributed by atoms with van der Waals surface area (Å²) in [7, 11) is 0. The first-order valence-corrected chi connectivity index (χ1v) is 5.45. The Morgan fingerprint density at radius 3 is 2.75 bits per heavy atom. The fourth-order valence-corrected chi connectivity index (χ4v) is 2.37. The maximum Gasteiger partial charge on any atom is -0.00152 e. The van der Waals surface area contributed by atoms with Crippen molar-refractivity contribution in [3.8, 4) is 0 Å². The second-order valence-electron chi connectivity index (χ2n) is 5.01. The topological polar surface area (TPSA) is 12.0 Å². The molecule has 0 aliphatic heterocycles. The van der Waals surface area contributed by atoms with Gasteiger partial charge in [0.2, 0.25) is 0 Å². The maximum absolute atomic E-state index is 3.46. The highest BCUT2D eigenvalue weighted by Gasteiger charge is 2.51. The molecule has 0 spiro atoms. The van der Waals surface area contributed by atoms with Gasteiger partial charge in [-0.1, -0.05) is 26.7 Å². The van der Waals surface area contributed by atoms with Crippen molar-refractivity contribution in [2.45, 2.75) is 39.5 Å². The molecule has 1 N–H and O–H groups in total. The molecule has 70 valence electrons. The molecular weight excluding hydrogens is 146 g/mol. The molecule has 2 fully saturated rings. The van der Waals surface area contributed by atoms with Crippen LogP contribution in [0.25, 0.3) is 0 Å². The summed E-state index contributed by atoms with van der Waals surface area (Å²) >= 11 is 0. The van der Waals surface area contributed by atoms with E-state index in [0.717, 1.165) is 23.8 Å². The standard InChI is InChI=1S/C11H21N/c1-3-12-8-10-7-11(10,2)6-9-4-5-9/h9-10,12H,3-8H2,1-2H3. The van der Waals surface area contributed by atoms with Crippen molar-refractivity contribution in [1.29, 1.82) is 0 Å². The second kappa shape index (κ2) is 3.02. The maximum atomic E-state index is 3.46. The van der Waals surface area contributed by atoms with Gasteiger partial charge in [-0.3, -0.25) is 0 Å². The monoisotopic (exact) mass is 167 g/mol. The van der Waals surface area contributed by atoms with Crippen LogP contribution in [0.1, 0.15) is 39.5 Å². The van der Waals surface area contributed by atoms with E-state index in [4.69, 9.17) is 0 Å². The van der Waals surface area contributed by atoms with Crippen molar-refractivity contribution in [3.05, 3.63) is 0 Å². The van der Waals surface area contributed by atoms with Gasteiger partial charge in [-0.15, -0.1) is 0 Å². The number of nitrogens with one attached hydrogen (secondary N) is 1. The Kier molecular flexibility index (Phi) is 2.16. The third kappa shape index (κ3) is 1.82. The van der Waals surface area contributed by atoms with Crippen molar-refractivity contribution < 1.29 is 0 Å². The summed E-state index contributed by atoms with van der Waals surface area (Å²) in [6.45, 7) is 7.07. The van der Waals surface area contributed by atoms with Crippen molar-refractivity contribution in [2.24, 2.45) is 17.3 Å². The minimum atomic E-state index is 0.739. The first kappa shape index (κ1) is 8.55. The molecule has 0 aromatic carbocycles. The molecule has 2 atom stereocenters. The summed E-state index contributed by atoms with van der Waals surface area (Å²) in [5.41, 5.74) is 0.739. The van der Waals surface area contributed by atoms with Crippen LogP contribution in [-0.4, -0.2) is 13.1 Å². The Hall–Kier alpha value is -0.0400. The normalized spacial score (nSPS) is 40.0. The van der Waals surface area contributed by atoms with Gasteiger partial charge in [0.15, 0.2) is 0 Å². The average molecular weight is 167 g/mol. The summed E-state index contributed by atoms with van der Waals surface area (Å²) in [5.74, 6) is 2.11. The van der Waals surface area contributed by atoms with Crippen molar-refractivity contribution in [2.75, 3.05) is 13.1 Å². The molecule has 2 unspecified atom stereocenters. The van der Waals surface area contributed by atoms with Crippen molar-refractivity contribution in [1.82, 2.24) is 5.32 Å². The van der Waals surface area contributed by atoms with E-state index in [1.165, 1.54) is 32.2 Å². The Bertz CT molecular complexity index is 162. The molecule has 1 nitrogen and oxygen atoms in total. The third-order valence-electron chi connectivity index (χ3n) is 3.63. The molecule has 2 saturated carbocycles. The Morgan fingerprint density at radius 1 is 1.42 bits per heavy atom. The summed E-state index contributed by atoms with van der Waals surface area (Å²) in [6.07, 6.45) is 6.03. The van der Waals surface area contributed by atoms with Crippen molar-refractivity contribution in [3.63, 3.8) is 0 Å². The van der Waals surface area contributed by atoms with Gasteiger partial charge >= 0.3 is 0 Å². The van der Waals surface area contributed by atoms with Gasteiger partial charge in [0, 0.05) is 0 Å². The summed E-state index contributed by atoms with van der Waals surface area (Å²) in [5, 5.41) is 3.46. The van der Waals surface area contributed by atoms with Crippen LogP contribution >= 0.6 is 0 Å². The zero-order valence-corrected chi connectivity index (χ0v) is 8.40. The average Bonchev–Trinajstić information content (AvgIpc) is 2.89. The summed E-state index contributed by atoms with van der Waals surface area (Å²) in [4.78, 5) is 0. The van der Waals surface area contributed by atoms with Gasteiger partial charge in [0.1, 0.15) is 0 Å². The molecule has 0 aromatic heterocycles. The SMILES string of the molecule is CCNCC1CC1(C)CC1CC1. The highest BCUT2D eigenvalue weighted by Crippen LogP contribution is 2.58. The summed E-state index contributed by atoms with van der Waals surface area (Å²) < 4.78 is 0. The van der Waals surface area contributed by atoms with Crippen molar-refractivity contribution >= 4 is 0 Å². The molecule has 12 heavy (non-hydrogen) atoms. The van der Waals surface area contributed by atoms with Crippen LogP contribution in [0.4, 0.5) is 0 Å². The van der Waals surface area contributed by atoms with Crippen LogP contribution in [0.15, 0.2) is 0 Å². The molecular formula is C11H21N. The van der Waals surface area contributed by atoms with Gasteiger partial charge in [-0.05, 0) is 43.2 Å². The number of hydrogen-bond donors (Lipinski definition) is 1. The van der Waals surface area contributed by atoms with E-state index in [1.807, 2.05) is 0 Å². The Morgan fingerprint density at radius 2 is 2.17 bits per heavy atom.